The summed E-state index contributed by atoms with van der Waals surface area (Å²) in [4.78, 5) is 0. The maximum atomic E-state index is 10.8. The fraction of sp³-hybridized carbons (Fsp3) is 0.667. The van der Waals surface area contributed by atoms with Gasteiger partial charge in [0.25, 0.3) is 10.4 Å². The molecule has 0 unspecified atom stereocenters. The Morgan fingerprint density at radius 2 is 2.04 bits per heavy atom. The van der Waals surface area contributed by atoms with Gasteiger partial charge in [0.1, 0.15) is 5.75 Å². The first-order valence-corrected chi connectivity index (χ1v) is 10.1. The van der Waals surface area contributed by atoms with Crippen LogP contribution in [0.3, 0.4) is 0 Å². The number of aliphatic hydroxyl groups is 1. The van der Waals surface area contributed by atoms with Crippen molar-refractivity contribution in [2.45, 2.75) is 57.5 Å². The van der Waals surface area contributed by atoms with Crippen LogP contribution in [0.2, 0.25) is 0 Å². The van der Waals surface area contributed by atoms with E-state index in [0.29, 0.717) is 17.8 Å². The summed E-state index contributed by atoms with van der Waals surface area (Å²) in [7, 11) is -4.73. The second-order valence-electron chi connectivity index (χ2n) is 7.91. The number of aryl methyl sites for hydroxylation is 1. The van der Waals surface area contributed by atoms with Crippen LogP contribution in [-0.4, -0.2) is 24.2 Å². The fourth-order valence-electron chi connectivity index (χ4n) is 5.70. The van der Waals surface area contributed by atoms with Crippen molar-refractivity contribution >= 4 is 10.4 Å². The highest BCUT2D eigenvalue weighted by atomic mass is 32.3. The van der Waals surface area contributed by atoms with Gasteiger partial charge in [-0.25, -0.2) is 8.42 Å². The molecule has 0 heterocycles. The third-order valence-electron chi connectivity index (χ3n) is 6.85. The van der Waals surface area contributed by atoms with E-state index in [1.165, 1.54) is 5.56 Å². The quantitative estimate of drug-likeness (QED) is 0.654. The van der Waals surface area contributed by atoms with E-state index >= 15 is 0 Å². The van der Waals surface area contributed by atoms with Gasteiger partial charge in [0.15, 0.2) is 0 Å². The number of hydrogen-bond donors (Lipinski definition) is 1. The molecule has 5 nitrogen and oxygen atoms in total. The van der Waals surface area contributed by atoms with Crippen LogP contribution in [0.4, 0.5) is 0 Å². The Bertz CT molecular complexity index is 759. The van der Waals surface area contributed by atoms with E-state index in [2.05, 4.69) is 11.1 Å². The molecular formula is C18H23O5S-. The molecule has 4 rings (SSSR count). The summed E-state index contributed by atoms with van der Waals surface area (Å²) in [6.45, 7) is 2.25. The minimum Gasteiger partial charge on any atom is -0.716 e. The van der Waals surface area contributed by atoms with Crippen LogP contribution in [0.1, 0.15) is 56.1 Å². The maximum Gasteiger partial charge on any atom is 0.262 e. The lowest BCUT2D eigenvalue weighted by Crippen LogP contribution is -2.43. The zero-order valence-corrected chi connectivity index (χ0v) is 14.6. The van der Waals surface area contributed by atoms with Gasteiger partial charge < -0.3 is 13.8 Å². The predicted octanol–water partition coefficient (Wildman–Crippen LogP) is 2.74. The van der Waals surface area contributed by atoms with Crippen molar-refractivity contribution in [3.63, 3.8) is 0 Å². The SMILES string of the molecule is C[C@]12CC[C@@H]3c4ccc(OS(=O)(=O)[O-])cc4CC[C@H]3[C@@H]1CC[C@@H]2O. The second-order valence-corrected chi connectivity index (χ2v) is 8.89. The summed E-state index contributed by atoms with van der Waals surface area (Å²) in [5, 5.41) is 10.4. The van der Waals surface area contributed by atoms with Crippen molar-refractivity contribution < 1.29 is 22.3 Å². The zero-order valence-electron chi connectivity index (χ0n) is 13.8. The van der Waals surface area contributed by atoms with Gasteiger partial charge in [-0.1, -0.05) is 13.0 Å². The van der Waals surface area contributed by atoms with E-state index in [9.17, 15) is 18.1 Å². The smallest absolute Gasteiger partial charge is 0.262 e. The lowest BCUT2D eigenvalue weighted by Gasteiger charge is -2.50. The fourth-order valence-corrected chi connectivity index (χ4v) is 6.04. The zero-order chi connectivity index (χ0) is 17.1. The molecule has 6 heteroatoms. The first kappa shape index (κ1) is 16.4. The minimum atomic E-state index is -4.73. The van der Waals surface area contributed by atoms with Gasteiger partial charge in [0, 0.05) is 0 Å². The third kappa shape index (κ3) is 2.55. The van der Waals surface area contributed by atoms with Crippen molar-refractivity contribution in [1.29, 1.82) is 0 Å². The molecule has 1 aromatic carbocycles. The number of fused-ring (bicyclic) bond motifs is 5. The first-order chi connectivity index (χ1) is 11.3. The van der Waals surface area contributed by atoms with Crippen LogP contribution in [-0.2, 0) is 16.8 Å². The maximum absolute atomic E-state index is 10.8. The monoisotopic (exact) mass is 351 g/mol. The average Bonchev–Trinajstić information content (AvgIpc) is 2.81. The van der Waals surface area contributed by atoms with Gasteiger partial charge in [-0.05, 0) is 85.0 Å². The van der Waals surface area contributed by atoms with Crippen LogP contribution in [0.15, 0.2) is 18.2 Å². The average molecular weight is 351 g/mol. The van der Waals surface area contributed by atoms with E-state index < -0.39 is 10.4 Å². The molecule has 1 aromatic rings. The van der Waals surface area contributed by atoms with E-state index in [4.69, 9.17) is 0 Å². The van der Waals surface area contributed by atoms with Gasteiger partial charge >= 0.3 is 0 Å². The molecule has 1 N–H and O–H groups in total. The summed E-state index contributed by atoms with van der Waals surface area (Å²) < 4.78 is 36.8. The highest BCUT2D eigenvalue weighted by Crippen LogP contribution is 2.60. The van der Waals surface area contributed by atoms with Gasteiger partial charge in [0.05, 0.1) is 6.10 Å². The number of hydrogen-bond acceptors (Lipinski definition) is 5. The van der Waals surface area contributed by atoms with E-state index in [-0.39, 0.29) is 17.3 Å². The topological polar surface area (TPSA) is 86.7 Å². The van der Waals surface area contributed by atoms with Crippen LogP contribution in [0, 0.1) is 17.3 Å². The van der Waals surface area contributed by atoms with Crippen LogP contribution in [0.25, 0.3) is 0 Å². The molecule has 0 bridgehead atoms. The van der Waals surface area contributed by atoms with Gasteiger partial charge in [0.2, 0.25) is 0 Å². The van der Waals surface area contributed by atoms with Crippen molar-refractivity contribution in [1.82, 2.24) is 0 Å². The summed E-state index contributed by atoms with van der Waals surface area (Å²) in [6.07, 6.45) is 5.85. The normalized spacial score (nSPS) is 38.1. The van der Waals surface area contributed by atoms with Crippen LogP contribution >= 0.6 is 0 Å². The molecule has 0 spiro atoms. The Labute approximate surface area is 143 Å². The molecular weight excluding hydrogens is 328 g/mol. The number of aliphatic hydroxyl groups excluding tert-OH is 1. The van der Waals surface area contributed by atoms with Gasteiger partial charge in [-0.15, -0.1) is 0 Å². The van der Waals surface area contributed by atoms with E-state index in [1.807, 2.05) is 6.07 Å². The Kier molecular flexibility index (Phi) is 3.71. The van der Waals surface area contributed by atoms with Gasteiger partial charge in [-0.3, -0.25) is 0 Å². The summed E-state index contributed by atoms with van der Waals surface area (Å²) in [5.74, 6) is 1.73. The molecule has 132 valence electrons. The third-order valence-corrected chi connectivity index (χ3v) is 7.24. The van der Waals surface area contributed by atoms with Crippen molar-refractivity contribution in [3.05, 3.63) is 29.3 Å². The molecule has 2 saturated carbocycles. The summed E-state index contributed by atoms with van der Waals surface area (Å²) >= 11 is 0. The molecule has 3 aliphatic carbocycles. The summed E-state index contributed by atoms with van der Waals surface area (Å²) in [5.41, 5.74) is 2.42. The van der Waals surface area contributed by atoms with Crippen molar-refractivity contribution in [2.24, 2.45) is 17.3 Å². The molecule has 5 atom stereocenters. The molecule has 2 fully saturated rings. The van der Waals surface area contributed by atoms with Crippen molar-refractivity contribution in [3.8, 4) is 5.75 Å². The van der Waals surface area contributed by atoms with Crippen LogP contribution in [0.5, 0.6) is 5.75 Å². The standard InChI is InChI=1S/C18H24O5S/c1-18-9-8-14-13-5-3-12(23-24(20,21)22)10-11(13)2-4-15(14)16(18)6-7-17(18)19/h3,5,10,14-17,19H,2,4,6-9H2,1H3,(H,20,21,22)/p-1/t14-,15-,16+,17+,18+/m1/s1. The largest absolute Gasteiger partial charge is 0.716 e. The first-order valence-electron chi connectivity index (χ1n) is 8.74. The lowest BCUT2D eigenvalue weighted by molar-refractivity contribution is -0.0226. The number of rotatable bonds is 2. The van der Waals surface area contributed by atoms with E-state index in [1.54, 1.807) is 12.1 Å². The highest BCUT2D eigenvalue weighted by molar-refractivity contribution is 7.81. The molecule has 3 aliphatic rings. The minimum absolute atomic E-state index is 0.0539. The summed E-state index contributed by atoms with van der Waals surface area (Å²) in [6, 6.07) is 5.23. The highest BCUT2D eigenvalue weighted by Gasteiger charge is 2.54. The Balaban J connectivity index is 1.63. The van der Waals surface area contributed by atoms with E-state index in [0.717, 1.165) is 44.1 Å². The lowest BCUT2D eigenvalue weighted by atomic mass is 9.55. The molecule has 0 saturated heterocycles. The molecule has 0 amide bonds. The Morgan fingerprint density at radius 3 is 2.79 bits per heavy atom. The van der Waals surface area contributed by atoms with Crippen LogP contribution < -0.4 is 4.18 Å². The van der Waals surface area contributed by atoms with Crippen molar-refractivity contribution in [2.75, 3.05) is 0 Å². The molecule has 0 aliphatic heterocycles. The Hall–Kier alpha value is -1.11. The molecule has 0 radical (unpaired) electrons. The predicted molar refractivity (Wildman–Crippen MR) is 87.4 cm³/mol. The van der Waals surface area contributed by atoms with Gasteiger partial charge in [-0.2, -0.15) is 0 Å². The number of benzene rings is 1. The Morgan fingerprint density at radius 1 is 1.25 bits per heavy atom. The molecule has 0 aromatic heterocycles. The molecule has 24 heavy (non-hydrogen) atoms. The second kappa shape index (κ2) is 5.44.